The van der Waals surface area contributed by atoms with E-state index in [0.29, 0.717) is 5.92 Å². The molecule has 1 rings (SSSR count). The standard InChI is InChI=1S/C14H21/c1-6-12-7-13(10(2)3)9-14(8-12)11(4)5/h7-10H,6H2,1-5H3. The highest BCUT2D eigenvalue weighted by molar-refractivity contribution is 5.38. The van der Waals surface area contributed by atoms with E-state index in [2.05, 4.69) is 52.8 Å². The van der Waals surface area contributed by atoms with E-state index in [4.69, 9.17) is 0 Å². The lowest BCUT2D eigenvalue weighted by Gasteiger charge is -2.13. The Bertz CT molecular complexity index is 269. The Labute approximate surface area is 88.4 Å². The molecule has 0 spiro atoms. The molecule has 77 valence electrons. The summed E-state index contributed by atoms with van der Waals surface area (Å²) in [7, 11) is 0. The number of hydrogen-bond acceptors (Lipinski definition) is 0. The van der Waals surface area contributed by atoms with E-state index < -0.39 is 0 Å². The minimum Gasteiger partial charge on any atom is -0.0613 e. The summed E-state index contributed by atoms with van der Waals surface area (Å²) in [6.07, 6.45) is 1.13. The third-order valence-electron chi connectivity index (χ3n) is 2.67. The van der Waals surface area contributed by atoms with Crippen LogP contribution < -0.4 is 0 Å². The number of benzene rings is 1. The van der Waals surface area contributed by atoms with E-state index in [1.807, 2.05) is 0 Å². The third-order valence-corrected chi connectivity index (χ3v) is 2.67. The minimum absolute atomic E-state index is 0.625. The van der Waals surface area contributed by atoms with Crippen molar-refractivity contribution in [1.29, 1.82) is 0 Å². The van der Waals surface area contributed by atoms with E-state index in [-0.39, 0.29) is 0 Å². The quantitative estimate of drug-likeness (QED) is 0.663. The van der Waals surface area contributed by atoms with Crippen molar-refractivity contribution in [3.05, 3.63) is 40.8 Å². The van der Waals surface area contributed by atoms with Crippen LogP contribution in [0.4, 0.5) is 0 Å². The Morgan fingerprint density at radius 1 is 1.14 bits per heavy atom. The Balaban J connectivity index is 3.13. The van der Waals surface area contributed by atoms with Crippen LogP contribution in [0.15, 0.2) is 18.2 Å². The second-order valence-electron chi connectivity index (χ2n) is 4.47. The first-order chi connectivity index (χ1) is 6.54. The van der Waals surface area contributed by atoms with Crippen LogP contribution in [0.1, 0.15) is 57.2 Å². The molecule has 0 saturated carbocycles. The summed E-state index contributed by atoms with van der Waals surface area (Å²) in [5.74, 6) is 2.03. The van der Waals surface area contributed by atoms with Crippen molar-refractivity contribution < 1.29 is 0 Å². The van der Waals surface area contributed by atoms with Crippen LogP contribution in [0, 0.1) is 5.92 Å². The van der Waals surface area contributed by atoms with Gasteiger partial charge in [-0.2, -0.15) is 0 Å². The Morgan fingerprint density at radius 3 is 2.21 bits per heavy atom. The summed E-state index contributed by atoms with van der Waals surface area (Å²) < 4.78 is 0. The SMILES string of the molecule is CCc1cc([C](C)C)cc(C(C)C)c1. The van der Waals surface area contributed by atoms with Crippen molar-refractivity contribution in [3.8, 4) is 0 Å². The maximum absolute atomic E-state index is 2.33. The maximum atomic E-state index is 2.33. The number of rotatable bonds is 3. The highest BCUT2D eigenvalue weighted by Gasteiger charge is 2.06. The summed E-state index contributed by atoms with van der Waals surface area (Å²) in [5.41, 5.74) is 4.31. The van der Waals surface area contributed by atoms with E-state index in [9.17, 15) is 0 Å². The molecule has 14 heavy (non-hydrogen) atoms. The third kappa shape index (κ3) is 2.60. The maximum Gasteiger partial charge on any atom is -0.00118 e. The normalized spacial score (nSPS) is 11.4. The van der Waals surface area contributed by atoms with Crippen LogP contribution in [0.3, 0.4) is 0 Å². The van der Waals surface area contributed by atoms with Crippen LogP contribution in [0.5, 0.6) is 0 Å². The first-order valence-electron chi connectivity index (χ1n) is 5.49. The molecule has 0 aromatic heterocycles. The van der Waals surface area contributed by atoms with Gasteiger partial charge in [0.15, 0.2) is 0 Å². The predicted molar refractivity (Wildman–Crippen MR) is 63.6 cm³/mol. The predicted octanol–water partition coefficient (Wildman–Crippen LogP) is 4.33. The summed E-state index contributed by atoms with van der Waals surface area (Å²) >= 11 is 0. The van der Waals surface area contributed by atoms with Gasteiger partial charge in [0.25, 0.3) is 0 Å². The summed E-state index contributed by atoms with van der Waals surface area (Å²) in [4.78, 5) is 0. The summed E-state index contributed by atoms with van der Waals surface area (Å²) in [6.45, 7) is 11.1. The first-order valence-corrected chi connectivity index (χ1v) is 5.49. The van der Waals surface area contributed by atoms with E-state index in [1.165, 1.54) is 22.6 Å². The molecule has 0 aliphatic heterocycles. The van der Waals surface area contributed by atoms with E-state index in [0.717, 1.165) is 6.42 Å². The van der Waals surface area contributed by atoms with Gasteiger partial charge in [-0.25, -0.2) is 0 Å². The van der Waals surface area contributed by atoms with Crippen molar-refractivity contribution >= 4 is 0 Å². The zero-order valence-electron chi connectivity index (χ0n) is 10.0. The molecule has 1 radical (unpaired) electrons. The van der Waals surface area contributed by atoms with Crippen LogP contribution in [-0.2, 0) is 6.42 Å². The monoisotopic (exact) mass is 189 g/mol. The molecule has 0 aliphatic carbocycles. The molecule has 0 atom stereocenters. The fraction of sp³-hybridized carbons (Fsp3) is 0.500. The molecule has 0 unspecified atom stereocenters. The molecule has 0 fully saturated rings. The lowest BCUT2D eigenvalue weighted by molar-refractivity contribution is 0.858. The first kappa shape index (κ1) is 11.3. The molecule has 1 aromatic carbocycles. The van der Waals surface area contributed by atoms with Gasteiger partial charge in [0.05, 0.1) is 0 Å². The number of hydrogen-bond donors (Lipinski definition) is 0. The van der Waals surface area contributed by atoms with Crippen molar-refractivity contribution in [2.45, 2.75) is 47.0 Å². The fourth-order valence-corrected chi connectivity index (χ4v) is 1.54. The molecule has 0 amide bonds. The molecule has 0 heterocycles. The smallest absolute Gasteiger partial charge is 0.00118 e. The van der Waals surface area contributed by atoms with Crippen LogP contribution in [-0.4, -0.2) is 0 Å². The Kier molecular flexibility index (Phi) is 3.74. The molecular weight excluding hydrogens is 168 g/mol. The molecule has 0 saturated heterocycles. The lowest BCUT2D eigenvalue weighted by Crippen LogP contribution is -1.96. The van der Waals surface area contributed by atoms with Gasteiger partial charge < -0.3 is 0 Å². The van der Waals surface area contributed by atoms with Gasteiger partial charge in [-0.1, -0.05) is 52.8 Å². The van der Waals surface area contributed by atoms with Gasteiger partial charge in [0.2, 0.25) is 0 Å². The van der Waals surface area contributed by atoms with Crippen molar-refractivity contribution in [2.24, 2.45) is 0 Å². The van der Waals surface area contributed by atoms with Crippen LogP contribution in [0.2, 0.25) is 0 Å². The summed E-state index contributed by atoms with van der Waals surface area (Å²) in [5, 5.41) is 0. The molecule has 1 aromatic rings. The van der Waals surface area contributed by atoms with Gasteiger partial charge in [0.1, 0.15) is 0 Å². The molecular formula is C14H21. The molecule has 0 nitrogen and oxygen atoms in total. The highest BCUT2D eigenvalue weighted by atomic mass is 14.1. The zero-order valence-corrected chi connectivity index (χ0v) is 10.0. The molecule has 0 N–H and O–H groups in total. The van der Waals surface area contributed by atoms with Gasteiger partial charge in [0, 0.05) is 0 Å². The average Bonchev–Trinajstić information content (AvgIpc) is 2.16. The van der Waals surface area contributed by atoms with Gasteiger partial charge >= 0.3 is 0 Å². The van der Waals surface area contributed by atoms with Crippen LogP contribution >= 0.6 is 0 Å². The second-order valence-corrected chi connectivity index (χ2v) is 4.47. The van der Waals surface area contributed by atoms with Gasteiger partial charge in [-0.05, 0) is 34.9 Å². The van der Waals surface area contributed by atoms with Crippen LogP contribution in [0.25, 0.3) is 0 Å². The zero-order chi connectivity index (χ0) is 10.7. The molecule has 0 heteroatoms. The highest BCUT2D eigenvalue weighted by Crippen LogP contribution is 2.23. The van der Waals surface area contributed by atoms with Crippen molar-refractivity contribution in [2.75, 3.05) is 0 Å². The van der Waals surface area contributed by atoms with E-state index >= 15 is 0 Å². The fourth-order valence-electron chi connectivity index (χ4n) is 1.54. The Hall–Kier alpha value is -0.780. The Morgan fingerprint density at radius 2 is 1.79 bits per heavy atom. The topological polar surface area (TPSA) is 0 Å². The van der Waals surface area contributed by atoms with Crippen molar-refractivity contribution in [3.63, 3.8) is 0 Å². The van der Waals surface area contributed by atoms with Crippen molar-refractivity contribution in [1.82, 2.24) is 0 Å². The average molecular weight is 189 g/mol. The van der Waals surface area contributed by atoms with E-state index in [1.54, 1.807) is 0 Å². The number of aryl methyl sites for hydroxylation is 1. The molecule has 0 bridgehead atoms. The minimum atomic E-state index is 0.625. The largest absolute Gasteiger partial charge is 0.0613 e. The van der Waals surface area contributed by atoms with Gasteiger partial charge in [-0.15, -0.1) is 0 Å². The second kappa shape index (κ2) is 4.63. The molecule has 0 aliphatic rings. The van der Waals surface area contributed by atoms with Gasteiger partial charge in [-0.3, -0.25) is 0 Å². The lowest BCUT2D eigenvalue weighted by atomic mass is 9.92. The summed E-state index contributed by atoms with van der Waals surface area (Å²) in [6, 6.07) is 6.96.